The monoisotopic (exact) mass is 375 g/mol. The Morgan fingerprint density at radius 1 is 1.29 bits per heavy atom. The van der Waals surface area contributed by atoms with Crippen molar-refractivity contribution in [2.24, 2.45) is 0 Å². The summed E-state index contributed by atoms with van der Waals surface area (Å²) in [5.74, 6) is -0.518. The van der Waals surface area contributed by atoms with Crippen LogP contribution in [0, 0.1) is 0 Å². The third-order valence-electron chi connectivity index (χ3n) is 5.66. The number of nitrogens with zero attached hydrogens (tertiary/aromatic N) is 2. The van der Waals surface area contributed by atoms with E-state index in [1.165, 1.54) is 28.1 Å². The van der Waals surface area contributed by atoms with Crippen LogP contribution in [0.15, 0.2) is 60.8 Å². The van der Waals surface area contributed by atoms with Gasteiger partial charge in [-0.25, -0.2) is 5.48 Å². The summed E-state index contributed by atoms with van der Waals surface area (Å²) < 4.78 is 2.32. The molecular formula is C23H25N3O2. The predicted molar refractivity (Wildman–Crippen MR) is 111 cm³/mol. The van der Waals surface area contributed by atoms with Crippen molar-refractivity contribution in [3.63, 3.8) is 0 Å². The summed E-state index contributed by atoms with van der Waals surface area (Å²) >= 11 is 0. The highest BCUT2D eigenvalue weighted by Crippen LogP contribution is 2.35. The maximum absolute atomic E-state index is 11.2. The summed E-state index contributed by atoms with van der Waals surface area (Å²) in [6.45, 7) is 1.95. The summed E-state index contributed by atoms with van der Waals surface area (Å²) in [5.41, 5.74) is 6.59. The number of nitrogens with one attached hydrogen (secondary N) is 1. The Kier molecular flexibility index (Phi) is 5.28. The molecule has 0 aliphatic heterocycles. The van der Waals surface area contributed by atoms with Crippen LogP contribution in [0.4, 0.5) is 0 Å². The van der Waals surface area contributed by atoms with Gasteiger partial charge in [-0.05, 0) is 60.2 Å². The van der Waals surface area contributed by atoms with Crippen LogP contribution in [-0.4, -0.2) is 34.2 Å². The Morgan fingerprint density at radius 3 is 3.00 bits per heavy atom. The van der Waals surface area contributed by atoms with Crippen LogP contribution in [0.2, 0.25) is 0 Å². The number of likely N-dealkylation sites (N-methyl/N-ethyl adjacent to an activating group) is 1. The van der Waals surface area contributed by atoms with E-state index < -0.39 is 5.91 Å². The maximum Gasteiger partial charge on any atom is 0.267 e. The first-order valence-electron chi connectivity index (χ1n) is 9.65. The average Bonchev–Trinajstić information content (AvgIpc) is 3.34. The van der Waals surface area contributed by atoms with E-state index in [0.717, 1.165) is 31.5 Å². The van der Waals surface area contributed by atoms with Crippen molar-refractivity contribution < 1.29 is 10.0 Å². The molecule has 5 heteroatoms. The molecule has 1 aromatic heterocycles. The van der Waals surface area contributed by atoms with Gasteiger partial charge >= 0.3 is 0 Å². The lowest BCUT2D eigenvalue weighted by molar-refractivity contribution is -0.124. The second-order valence-electron chi connectivity index (χ2n) is 7.37. The Hall–Kier alpha value is -2.89. The van der Waals surface area contributed by atoms with Gasteiger partial charge in [0.25, 0.3) is 5.91 Å². The lowest BCUT2D eigenvalue weighted by Gasteiger charge is -2.25. The van der Waals surface area contributed by atoms with E-state index in [1.807, 2.05) is 6.07 Å². The molecule has 0 radical (unpaired) electrons. The Bertz CT molecular complexity index is 1020. The second-order valence-corrected chi connectivity index (χ2v) is 7.37. The van der Waals surface area contributed by atoms with E-state index in [0.29, 0.717) is 6.04 Å². The smallest absolute Gasteiger partial charge is 0.267 e. The fourth-order valence-corrected chi connectivity index (χ4v) is 4.14. The number of rotatable bonds is 6. The summed E-state index contributed by atoms with van der Waals surface area (Å²) in [6, 6.07) is 17.4. The third kappa shape index (κ3) is 3.72. The number of aryl methyl sites for hydroxylation is 1. The number of carbonyl (C=O) groups is 1. The van der Waals surface area contributed by atoms with Gasteiger partial charge < -0.3 is 4.57 Å². The van der Waals surface area contributed by atoms with Gasteiger partial charge in [-0.15, -0.1) is 0 Å². The van der Waals surface area contributed by atoms with Crippen molar-refractivity contribution in [3.8, 4) is 0 Å². The molecule has 144 valence electrons. The van der Waals surface area contributed by atoms with Gasteiger partial charge in [-0.2, -0.15) is 0 Å². The second kappa shape index (κ2) is 8.00. The number of aromatic nitrogens is 1. The first-order valence-corrected chi connectivity index (χ1v) is 9.65. The quantitative estimate of drug-likeness (QED) is 0.392. The zero-order valence-electron chi connectivity index (χ0n) is 16.0. The normalized spacial score (nSPS) is 16.2. The van der Waals surface area contributed by atoms with Crippen molar-refractivity contribution in [1.82, 2.24) is 14.9 Å². The molecule has 0 fully saturated rings. The van der Waals surface area contributed by atoms with Crippen molar-refractivity contribution >= 4 is 22.9 Å². The molecule has 0 saturated heterocycles. The molecule has 28 heavy (non-hydrogen) atoms. The zero-order valence-corrected chi connectivity index (χ0v) is 16.0. The Morgan fingerprint density at radius 2 is 2.14 bits per heavy atom. The van der Waals surface area contributed by atoms with E-state index in [4.69, 9.17) is 5.21 Å². The molecule has 1 aliphatic rings. The highest BCUT2D eigenvalue weighted by Gasteiger charge is 2.25. The van der Waals surface area contributed by atoms with Gasteiger partial charge in [-0.1, -0.05) is 36.4 Å². The van der Waals surface area contributed by atoms with Crippen LogP contribution in [0.1, 0.15) is 29.2 Å². The van der Waals surface area contributed by atoms with Crippen LogP contribution >= 0.6 is 0 Å². The van der Waals surface area contributed by atoms with Gasteiger partial charge in [-0.3, -0.25) is 14.9 Å². The van der Waals surface area contributed by atoms with Gasteiger partial charge in [0.2, 0.25) is 0 Å². The molecule has 0 bridgehead atoms. The summed E-state index contributed by atoms with van der Waals surface area (Å²) in [6.07, 6.45) is 7.39. The standard InChI is InChI=1S/C23H25N3O2/c1-25(14-15-26-13-12-18-4-2-3-5-21(18)26)22-10-8-19-16-17(6-9-20(19)22)7-11-23(27)24-28/h2-7,9,11-13,16,22,28H,8,10,14-15H2,1H3,(H,24,27)/b11-7+. The molecule has 1 amide bonds. The number of benzene rings is 2. The fourth-order valence-electron chi connectivity index (χ4n) is 4.14. The van der Waals surface area contributed by atoms with Crippen LogP contribution < -0.4 is 5.48 Å². The van der Waals surface area contributed by atoms with Gasteiger partial charge in [0, 0.05) is 36.9 Å². The molecule has 1 aliphatic carbocycles. The molecule has 1 heterocycles. The van der Waals surface area contributed by atoms with Crippen LogP contribution in [-0.2, 0) is 17.8 Å². The summed E-state index contributed by atoms with van der Waals surface area (Å²) in [7, 11) is 2.20. The van der Waals surface area contributed by atoms with Crippen molar-refractivity contribution in [1.29, 1.82) is 0 Å². The highest BCUT2D eigenvalue weighted by atomic mass is 16.5. The fraction of sp³-hybridized carbons (Fsp3) is 0.261. The average molecular weight is 375 g/mol. The van der Waals surface area contributed by atoms with E-state index in [-0.39, 0.29) is 0 Å². The number of hydroxylamine groups is 1. The number of hydrogen-bond donors (Lipinski definition) is 2. The van der Waals surface area contributed by atoms with Crippen LogP contribution in [0.25, 0.3) is 17.0 Å². The molecule has 0 spiro atoms. The number of para-hydroxylation sites is 1. The Balaban J connectivity index is 1.43. The third-order valence-corrected chi connectivity index (χ3v) is 5.66. The van der Waals surface area contributed by atoms with Gasteiger partial charge in [0.05, 0.1) is 0 Å². The van der Waals surface area contributed by atoms with E-state index in [1.54, 1.807) is 11.6 Å². The Labute approximate surface area is 164 Å². The van der Waals surface area contributed by atoms with Crippen LogP contribution in [0.3, 0.4) is 0 Å². The minimum atomic E-state index is -0.518. The zero-order chi connectivity index (χ0) is 19.5. The molecule has 5 nitrogen and oxygen atoms in total. The minimum Gasteiger partial charge on any atom is -0.346 e. The first kappa shape index (κ1) is 18.5. The van der Waals surface area contributed by atoms with Gasteiger partial charge in [0.1, 0.15) is 0 Å². The molecule has 4 rings (SSSR count). The lowest BCUT2D eigenvalue weighted by Crippen LogP contribution is -2.26. The minimum absolute atomic E-state index is 0.426. The SMILES string of the molecule is CN(CCn1ccc2ccccc21)C1CCc2cc(/C=C/C(=O)NO)ccc21. The molecule has 2 N–H and O–H groups in total. The largest absolute Gasteiger partial charge is 0.346 e. The highest BCUT2D eigenvalue weighted by molar-refractivity contribution is 5.90. The number of amides is 1. The van der Waals surface area contributed by atoms with Crippen molar-refractivity contribution in [3.05, 3.63) is 77.5 Å². The van der Waals surface area contributed by atoms with E-state index in [9.17, 15) is 4.79 Å². The topological polar surface area (TPSA) is 57.5 Å². The first-order chi connectivity index (χ1) is 13.7. The molecule has 0 saturated carbocycles. The molecule has 2 aromatic carbocycles. The van der Waals surface area contributed by atoms with Crippen LogP contribution in [0.5, 0.6) is 0 Å². The molecule has 3 aromatic rings. The molecule has 1 atom stereocenters. The lowest BCUT2D eigenvalue weighted by atomic mass is 10.0. The number of hydrogen-bond acceptors (Lipinski definition) is 3. The molecular weight excluding hydrogens is 350 g/mol. The predicted octanol–water partition coefficient (Wildman–Crippen LogP) is 3.78. The van der Waals surface area contributed by atoms with Crippen molar-refractivity contribution in [2.75, 3.05) is 13.6 Å². The number of fused-ring (bicyclic) bond motifs is 2. The van der Waals surface area contributed by atoms with Crippen molar-refractivity contribution in [2.45, 2.75) is 25.4 Å². The summed E-state index contributed by atoms with van der Waals surface area (Å²) in [5, 5.41) is 9.87. The number of carbonyl (C=O) groups excluding carboxylic acids is 1. The van der Waals surface area contributed by atoms with E-state index >= 15 is 0 Å². The molecule has 1 unspecified atom stereocenters. The van der Waals surface area contributed by atoms with E-state index in [2.05, 4.69) is 65.2 Å². The summed E-state index contributed by atoms with van der Waals surface area (Å²) in [4.78, 5) is 13.6. The maximum atomic E-state index is 11.2. The van der Waals surface area contributed by atoms with Gasteiger partial charge in [0.15, 0.2) is 0 Å².